The van der Waals surface area contributed by atoms with Crippen LogP contribution in [-0.4, -0.2) is 22.3 Å². The lowest BCUT2D eigenvalue weighted by molar-refractivity contribution is -0.122. The number of rotatable bonds is 7. The SMILES string of the molecule is CCOc1ccccc1CNC(=O)C[C@H](C)n1ccc(C)n1. The van der Waals surface area contributed by atoms with Crippen LogP contribution in [0, 0.1) is 6.92 Å². The summed E-state index contributed by atoms with van der Waals surface area (Å²) in [7, 11) is 0. The van der Waals surface area contributed by atoms with Gasteiger partial charge >= 0.3 is 0 Å². The summed E-state index contributed by atoms with van der Waals surface area (Å²) in [5, 5.41) is 7.28. The van der Waals surface area contributed by atoms with Gasteiger partial charge in [-0.3, -0.25) is 9.48 Å². The molecule has 1 N–H and O–H groups in total. The summed E-state index contributed by atoms with van der Waals surface area (Å²) < 4.78 is 7.38. The number of amides is 1. The molecule has 0 spiro atoms. The second-order valence-corrected chi connectivity index (χ2v) is 5.31. The first-order chi connectivity index (χ1) is 10.6. The largest absolute Gasteiger partial charge is 0.494 e. The number of para-hydroxylation sites is 1. The zero-order chi connectivity index (χ0) is 15.9. The van der Waals surface area contributed by atoms with E-state index in [-0.39, 0.29) is 11.9 Å². The van der Waals surface area contributed by atoms with Gasteiger partial charge in [0, 0.05) is 24.7 Å². The Hall–Kier alpha value is -2.30. The Morgan fingerprint density at radius 3 is 2.82 bits per heavy atom. The molecule has 0 unspecified atom stereocenters. The Morgan fingerprint density at radius 2 is 2.14 bits per heavy atom. The van der Waals surface area contributed by atoms with E-state index in [1.807, 2.05) is 62.0 Å². The number of carbonyl (C=O) groups excluding carboxylic acids is 1. The zero-order valence-electron chi connectivity index (χ0n) is 13.4. The third-order valence-corrected chi connectivity index (χ3v) is 3.42. The molecular formula is C17H23N3O2. The van der Waals surface area contributed by atoms with E-state index in [4.69, 9.17) is 4.74 Å². The van der Waals surface area contributed by atoms with Crippen LogP contribution in [0.5, 0.6) is 5.75 Å². The number of benzene rings is 1. The molecule has 0 aliphatic rings. The van der Waals surface area contributed by atoms with Crippen molar-refractivity contribution < 1.29 is 9.53 Å². The zero-order valence-corrected chi connectivity index (χ0v) is 13.4. The quantitative estimate of drug-likeness (QED) is 0.855. The first kappa shape index (κ1) is 16.1. The van der Waals surface area contributed by atoms with Gasteiger partial charge in [0.2, 0.25) is 5.91 Å². The average Bonchev–Trinajstić information content (AvgIpc) is 2.93. The number of carbonyl (C=O) groups is 1. The minimum absolute atomic E-state index is 0.00644. The maximum atomic E-state index is 12.1. The van der Waals surface area contributed by atoms with Gasteiger partial charge in [0.05, 0.1) is 18.3 Å². The Bertz CT molecular complexity index is 622. The molecule has 0 aliphatic carbocycles. The molecule has 5 nitrogen and oxygen atoms in total. The average molecular weight is 301 g/mol. The molecular weight excluding hydrogens is 278 g/mol. The Balaban J connectivity index is 1.88. The summed E-state index contributed by atoms with van der Waals surface area (Å²) in [6, 6.07) is 9.73. The van der Waals surface area contributed by atoms with Gasteiger partial charge < -0.3 is 10.1 Å². The predicted octanol–water partition coefficient (Wildman–Crippen LogP) is 2.86. The van der Waals surface area contributed by atoms with Crippen LogP contribution < -0.4 is 10.1 Å². The van der Waals surface area contributed by atoms with E-state index in [1.165, 1.54) is 0 Å². The fraction of sp³-hybridized carbons (Fsp3) is 0.412. The molecule has 0 aliphatic heterocycles. The van der Waals surface area contributed by atoms with Gasteiger partial charge in [0.25, 0.3) is 0 Å². The van der Waals surface area contributed by atoms with Crippen LogP contribution >= 0.6 is 0 Å². The Morgan fingerprint density at radius 1 is 1.36 bits per heavy atom. The number of hydrogen-bond acceptors (Lipinski definition) is 3. The molecule has 0 bridgehead atoms. The van der Waals surface area contributed by atoms with Crippen LogP contribution in [0.2, 0.25) is 0 Å². The number of ether oxygens (including phenoxy) is 1. The van der Waals surface area contributed by atoms with Gasteiger partial charge in [0.15, 0.2) is 0 Å². The van der Waals surface area contributed by atoms with E-state index in [0.29, 0.717) is 19.6 Å². The monoisotopic (exact) mass is 301 g/mol. The van der Waals surface area contributed by atoms with Crippen molar-refractivity contribution in [3.05, 3.63) is 47.8 Å². The summed E-state index contributed by atoms with van der Waals surface area (Å²) in [5.74, 6) is 0.827. The third kappa shape index (κ3) is 4.35. The van der Waals surface area contributed by atoms with Crippen LogP contribution in [0.15, 0.2) is 36.5 Å². The van der Waals surface area contributed by atoms with E-state index < -0.39 is 0 Å². The van der Waals surface area contributed by atoms with Crippen molar-refractivity contribution in [2.24, 2.45) is 0 Å². The lowest BCUT2D eigenvalue weighted by Gasteiger charge is -2.14. The van der Waals surface area contributed by atoms with Crippen molar-refractivity contribution in [1.82, 2.24) is 15.1 Å². The second-order valence-electron chi connectivity index (χ2n) is 5.31. The molecule has 1 amide bonds. The molecule has 5 heteroatoms. The lowest BCUT2D eigenvalue weighted by atomic mass is 10.2. The number of aromatic nitrogens is 2. The molecule has 1 atom stereocenters. The minimum atomic E-state index is 0.00644. The van der Waals surface area contributed by atoms with Crippen molar-refractivity contribution in [2.75, 3.05) is 6.61 Å². The first-order valence-corrected chi connectivity index (χ1v) is 7.59. The highest BCUT2D eigenvalue weighted by Crippen LogP contribution is 2.18. The maximum absolute atomic E-state index is 12.1. The number of nitrogens with one attached hydrogen (secondary N) is 1. The summed E-state index contributed by atoms with van der Waals surface area (Å²) in [4.78, 5) is 12.1. The van der Waals surface area contributed by atoms with Gasteiger partial charge in [0.1, 0.15) is 5.75 Å². The molecule has 2 rings (SSSR count). The smallest absolute Gasteiger partial charge is 0.222 e. The van der Waals surface area contributed by atoms with Gasteiger partial charge in [-0.1, -0.05) is 18.2 Å². The molecule has 0 radical (unpaired) electrons. The molecule has 0 saturated heterocycles. The standard InChI is InChI=1S/C17H23N3O2/c1-4-22-16-8-6-5-7-15(16)12-18-17(21)11-14(3)20-10-9-13(2)19-20/h5-10,14H,4,11-12H2,1-3H3,(H,18,21)/t14-/m0/s1. The fourth-order valence-electron chi connectivity index (χ4n) is 2.25. The lowest BCUT2D eigenvalue weighted by Crippen LogP contribution is -2.25. The number of aryl methyl sites for hydroxylation is 1. The third-order valence-electron chi connectivity index (χ3n) is 3.42. The molecule has 0 fully saturated rings. The van der Waals surface area contributed by atoms with Crippen LogP contribution in [-0.2, 0) is 11.3 Å². The summed E-state index contributed by atoms with van der Waals surface area (Å²) >= 11 is 0. The predicted molar refractivity (Wildman–Crippen MR) is 85.7 cm³/mol. The maximum Gasteiger partial charge on any atom is 0.222 e. The van der Waals surface area contributed by atoms with Crippen LogP contribution in [0.3, 0.4) is 0 Å². The minimum Gasteiger partial charge on any atom is -0.494 e. The van der Waals surface area contributed by atoms with Crippen molar-refractivity contribution >= 4 is 5.91 Å². The van der Waals surface area contributed by atoms with Gasteiger partial charge in [-0.05, 0) is 32.9 Å². The molecule has 0 saturated carbocycles. The van der Waals surface area contributed by atoms with Crippen molar-refractivity contribution in [1.29, 1.82) is 0 Å². The molecule has 118 valence electrons. The number of hydrogen-bond donors (Lipinski definition) is 1. The molecule has 2 aromatic rings. The summed E-state index contributed by atoms with van der Waals surface area (Å²) in [5.41, 5.74) is 1.94. The van der Waals surface area contributed by atoms with Crippen molar-refractivity contribution in [2.45, 2.75) is 39.8 Å². The van der Waals surface area contributed by atoms with Crippen molar-refractivity contribution in [3.8, 4) is 5.75 Å². The first-order valence-electron chi connectivity index (χ1n) is 7.59. The van der Waals surface area contributed by atoms with Gasteiger partial charge in [-0.15, -0.1) is 0 Å². The van der Waals surface area contributed by atoms with E-state index in [1.54, 1.807) is 0 Å². The highest BCUT2D eigenvalue weighted by molar-refractivity contribution is 5.76. The summed E-state index contributed by atoms with van der Waals surface area (Å²) in [6.07, 6.45) is 2.30. The molecule has 22 heavy (non-hydrogen) atoms. The van der Waals surface area contributed by atoms with E-state index in [9.17, 15) is 4.79 Å². The fourth-order valence-corrected chi connectivity index (χ4v) is 2.25. The van der Waals surface area contributed by atoms with E-state index in [2.05, 4.69) is 10.4 Å². The highest BCUT2D eigenvalue weighted by Gasteiger charge is 2.12. The highest BCUT2D eigenvalue weighted by atomic mass is 16.5. The normalized spacial score (nSPS) is 12.0. The van der Waals surface area contributed by atoms with Crippen LogP contribution in [0.25, 0.3) is 0 Å². The Kier molecular flexibility index (Phi) is 5.58. The molecule has 1 heterocycles. The van der Waals surface area contributed by atoms with Crippen LogP contribution in [0.1, 0.15) is 37.6 Å². The molecule has 1 aromatic heterocycles. The van der Waals surface area contributed by atoms with Gasteiger partial charge in [-0.2, -0.15) is 5.10 Å². The Labute approximate surface area is 131 Å². The topological polar surface area (TPSA) is 56.1 Å². The summed E-state index contributed by atoms with van der Waals surface area (Å²) in [6.45, 7) is 6.96. The van der Waals surface area contributed by atoms with Gasteiger partial charge in [-0.25, -0.2) is 0 Å². The van der Waals surface area contributed by atoms with Crippen molar-refractivity contribution in [3.63, 3.8) is 0 Å². The molecule has 1 aromatic carbocycles. The van der Waals surface area contributed by atoms with E-state index in [0.717, 1.165) is 17.0 Å². The second kappa shape index (κ2) is 7.64. The van der Waals surface area contributed by atoms with E-state index >= 15 is 0 Å². The number of nitrogens with zero attached hydrogens (tertiary/aromatic N) is 2. The van der Waals surface area contributed by atoms with Crippen LogP contribution in [0.4, 0.5) is 0 Å².